The van der Waals surface area contributed by atoms with E-state index in [1.54, 1.807) is 0 Å². The average molecular weight is 875 g/mol. The number of nitrogens with zero attached hydrogens (tertiary/aromatic N) is 4. The SMILES string of the molecule is C=C1Cc2c(ccc3cc4c(cc23)c2cccc3c5ccccc5n4c32)-c2cc(-c3ccc4c(c3)c3c5ccccc5ccc3n4-c3nc(-c4ccccc4)c4ccc5ccccc5c4n3)ccc21. The van der Waals surface area contributed by atoms with Gasteiger partial charge in [-0.25, -0.2) is 9.97 Å². The Hall–Kier alpha value is -9.12. The first-order valence-electron chi connectivity index (χ1n) is 23.8. The number of fused-ring (bicyclic) bond motifs is 19. The molecule has 4 aromatic heterocycles. The van der Waals surface area contributed by atoms with Crippen LogP contribution in [0.2, 0.25) is 0 Å². The topological polar surface area (TPSA) is 35.1 Å². The lowest BCUT2D eigenvalue weighted by Crippen LogP contribution is -2.04. The maximum atomic E-state index is 5.48. The number of para-hydroxylation sites is 2. The van der Waals surface area contributed by atoms with Crippen molar-refractivity contribution in [1.82, 2.24) is 18.9 Å². The summed E-state index contributed by atoms with van der Waals surface area (Å²) in [5.74, 6) is 0.654. The molecule has 1 aliphatic rings. The largest absolute Gasteiger partial charge is 0.308 e. The molecule has 0 N–H and O–H groups in total. The fourth-order valence-corrected chi connectivity index (χ4v) is 12.3. The lowest BCUT2D eigenvalue weighted by Gasteiger charge is -2.24. The van der Waals surface area contributed by atoms with Gasteiger partial charge >= 0.3 is 0 Å². The van der Waals surface area contributed by atoms with Crippen LogP contribution in [0.1, 0.15) is 11.1 Å². The zero-order valence-electron chi connectivity index (χ0n) is 37.3. The van der Waals surface area contributed by atoms with Gasteiger partial charge in [-0.05, 0) is 121 Å². The van der Waals surface area contributed by atoms with Crippen molar-refractivity contribution >= 4 is 109 Å². The van der Waals surface area contributed by atoms with Crippen molar-refractivity contribution in [3.8, 4) is 39.5 Å². The fourth-order valence-electron chi connectivity index (χ4n) is 12.3. The third-order valence-corrected chi connectivity index (χ3v) is 15.4. The third kappa shape index (κ3) is 5.02. The van der Waals surface area contributed by atoms with Gasteiger partial charge in [0.15, 0.2) is 0 Å². The van der Waals surface area contributed by atoms with Crippen molar-refractivity contribution in [3.05, 3.63) is 224 Å². The molecule has 0 spiro atoms. The average Bonchev–Trinajstić information content (AvgIpc) is 4.05. The molecule has 0 fully saturated rings. The lowest BCUT2D eigenvalue weighted by atomic mass is 9.79. The molecule has 0 saturated heterocycles. The molecular formula is C65H38N4. The van der Waals surface area contributed by atoms with Gasteiger partial charge in [0.1, 0.15) is 0 Å². The molecule has 0 bridgehead atoms. The zero-order chi connectivity index (χ0) is 45.1. The minimum atomic E-state index is 0.654. The van der Waals surface area contributed by atoms with Crippen LogP contribution in [-0.2, 0) is 6.42 Å². The van der Waals surface area contributed by atoms with Crippen molar-refractivity contribution in [3.63, 3.8) is 0 Å². The molecular weight excluding hydrogens is 837 g/mol. The zero-order valence-corrected chi connectivity index (χ0v) is 37.3. The van der Waals surface area contributed by atoms with Crippen molar-refractivity contribution < 1.29 is 0 Å². The quantitative estimate of drug-likeness (QED) is 0.166. The van der Waals surface area contributed by atoms with Crippen LogP contribution in [0.4, 0.5) is 0 Å². The molecule has 16 rings (SSSR count). The van der Waals surface area contributed by atoms with Crippen molar-refractivity contribution in [2.75, 3.05) is 0 Å². The number of benzene rings is 11. The first-order chi connectivity index (χ1) is 34.1. The number of hydrogen-bond acceptors (Lipinski definition) is 2. The molecule has 69 heavy (non-hydrogen) atoms. The normalized spacial score (nSPS) is 12.9. The Kier molecular flexibility index (Phi) is 7.24. The van der Waals surface area contributed by atoms with E-state index in [-0.39, 0.29) is 0 Å². The maximum absolute atomic E-state index is 5.48. The first kappa shape index (κ1) is 37.0. The van der Waals surface area contributed by atoms with Gasteiger partial charge in [-0.2, -0.15) is 0 Å². The van der Waals surface area contributed by atoms with Gasteiger partial charge in [0.2, 0.25) is 5.95 Å². The van der Waals surface area contributed by atoms with Gasteiger partial charge in [-0.1, -0.05) is 164 Å². The second-order valence-electron chi connectivity index (χ2n) is 18.9. The van der Waals surface area contributed by atoms with Crippen LogP contribution in [0.3, 0.4) is 0 Å². The van der Waals surface area contributed by atoms with E-state index in [1.807, 2.05) is 0 Å². The Morgan fingerprint density at radius 1 is 0.377 bits per heavy atom. The van der Waals surface area contributed by atoms with E-state index in [2.05, 4.69) is 215 Å². The summed E-state index contributed by atoms with van der Waals surface area (Å²) in [5.41, 5.74) is 17.5. The highest BCUT2D eigenvalue weighted by molar-refractivity contribution is 6.25. The molecule has 318 valence electrons. The van der Waals surface area contributed by atoms with E-state index >= 15 is 0 Å². The van der Waals surface area contributed by atoms with E-state index in [1.165, 1.54) is 92.8 Å². The predicted octanol–water partition coefficient (Wildman–Crippen LogP) is 16.9. The predicted molar refractivity (Wildman–Crippen MR) is 290 cm³/mol. The minimum Gasteiger partial charge on any atom is -0.308 e. The number of aromatic nitrogens is 4. The summed E-state index contributed by atoms with van der Waals surface area (Å²) in [6.07, 6.45) is 0.814. The molecule has 0 aliphatic heterocycles. The minimum absolute atomic E-state index is 0.654. The van der Waals surface area contributed by atoms with Gasteiger partial charge in [-0.3, -0.25) is 4.57 Å². The van der Waals surface area contributed by atoms with Gasteiger partial charge in [0.25, 0.3) is 0 Å². The maximum Gasteiger partial charge on any atom is 0.235 e. The number of hydrogen-bond donors (Lipinski definition) is 0. The van der Waals surface area contributed by atoms with E-state index in [4.69, 9.17) is 16.5 Å². The van der Waals surface area contributed by atoms with Crippen molar-refractivity contribution in [1.29, 1.82) is 0 Å². The number of allylic oxidation sites excluding steroid dienone is 1. The Bertz CT molecular complexity index is 4760. The molecule has 0 atom stereocenters. The second kappa shape index (κ2) is 13.5. The summed E-state index contributed by atoms with van der Waals surface area (Å²) in [7, 11) is 0. The lowest BCUT2D eigenvalue weighted by molar-refractivity contribution is 1.02. The molecule has 4 heterocycles. The Morgan fingerprint density at radius 2 is 1.06 bits per heavy atom. The molecule has 11 aromatic carbocycles. The Balaban J connectivity index is 0.903. The molecule has 4 heteroatoms. The van der Waals surface area contributed by atoms with Gasteiger partial charge in [-0.15, -0.1) is 0 Å². The third-order valence-electron chi connectivity index (χ3n) is 15.4. The van der Waals surface area contributed by atoms with E-state index in [9.17, 15) is 0 Å². The smallest absolute Gasteiger partial charge is 0.235 e. The summed E-state index contributed by atoms with van der Waals surface area (Å²) in [5, 5.41) is 15.8. The molecule has 0 saturated carbocycles. The highest BCUT2D eigenvalue weighted by Gasteiger charge is 2.25. The molecule has 0 amide bonds. The molecule has 4 nitrogen and oxygen atoms in total. The highest BCUT2D eigenvalue weighted by atomic mass is 15.2. The van der Waals surface area contributed by atoms with Crippen LogP contribution in [0.25, 0.3) is 148 Å². The van der Waals surface area contributed by atoms with E-state index in [0.717, 1.165) is 66.9 Å². The van der Waals surface area contributed by atoms with Crippen molar-refractivity contribution in [2.45, 2.75) is 6.42 Å². The van der Waals surface area contributed by atoms with Crippen LogP contribution in [0.15, 0.2) is 213 Å². The second-order valence-corrected chi connectivity index (χ2v) is 18.9. The van der Waals surface area contributed by atoms with E-state index in [0.29, 0.717) is 5.95 Å². The first-order valence-corrected chi connectivity index (χ1v) is 23.8. The highest BCUT2D eigenvalue weighted by Crippen LogP contribution is 2.47. The summed E-state index contributed by atoms with van der Waals surface area (Å²) in [6.45, 7) is 4.70. The van der Waals surface area contributed by atoms with Crippen LogP contribution in [0.5, 0.6) is 0 Å². The molecule has 1 aliphatic carbocycles. The van der Waals surface area contributed by atoms with Crippen LogP contribution < -0.4 is 0 Å². The monoisotopic (exact) mass is 874 g/mol. The molecule has 0 unspecified atom stereocenters. The summed E-state index contributed by atoms with van der Waals surface area (Å²) < 4.78 is 4.76. The van der Waals surface area contributed by atoms with Gasteiger partial charge in [0.05, 0.1) is 38.8 Å². The van der Waals surface area contributed by atoms with E-state index < -0.39 is 0 Å². The summed E-state index contributed by atoms with van der Waals surface area (Å²) in [4.78, 5) is 11.0. The standard InChI is InChI=1S/C65H38N4/c1-37-32-53-47(28-24-43-35-60-55(36-52(43)53)50-20-11-19-49-48-18-9-10-21-57(48)68(60)64(49)50)54-33-41(23-27-44(37)54)42-26-30-58-56(34-42)61-45-16-7-5-12-38(45)25-31-59(61)69(58)65-66-62(40-14-3-2-4-15-40)51-29-22-39-13-6-8-17-46(39)63(51)67-65/h2-31,33-36H,1,32H2. The number of rotatable bonds is 3. The van der Waals surface area contributed by atoms with Crippen LogP contribution in [-0.4, -0.2) is 18.9 Å². The van der Waals surface area contributed by atoms with Crippen LogP contribution in [0, 0.1) is 0 Å². The Labute approximate surface area is 395 Å². The summed E-state index contributed by atoms with van der Waals surface area (Å²) >= 11 is 0. The molecule has 0 radical (unpaired) electrons. The van der Waals surface area contributed by atoms with Crippen LogP contribution >= 0.6 is 0 Å². The van der Waals surface area contributed by atoms with Gasteiger partial charge in [0, 0.05) is 48.7 Å². The Morgan fingerprint density at radius 3 is 1.94 bits per heavy atom. The molecule has 15 aromatic rings. The van der Waals surface area contributed by atoms with Gasteiger partial charge < -0.3 is 4.40 Å². The summed E-state index contributed by atoms with van der Waals surface area (Å²) in [6, 6.07) is 75.7. The van der Waals surface area contributed by atoms with Crippen molar-refractivity contribution in [2.24, 2.45) is 0 Å². The fraction of sp³-hybridized carbons (Fsp3) is 0.0154.